The molecule has 0 bridgehead atoms. The third kappa shape index (κ3) is 3.88. The fourth-order valence-corrected chi connectivity index (χ4v) is 3.99. The van der Waals surface area contributed by atoms with Gasteiger partial charge in [-0.05, 0) is 35.2 Å². The number of aromatic nitrogens is 2. The molecule has 1 aromatic rings. The van der Waals surface area contributed by atoms with Crippen molar-refractivity contribution in [3.63, 3.8) is 0 Å². The van der Waals surface area contributed by atoms with Gasteiger partial charge in [0.2, 0.25) is 0 Å². The molecule has 1 fully saturated rings. The lowest BCUT2D eigenvalue weighted by Crippen LogP contribution is -2.55. The summed E-state index contributed by atoms with van der Waals surface area (Å²) < 4.78 is 3.25. The number of hydrogen-bond donors (Lipinski definition) is 1. The molecule has 120 valence electrons. The van der Waals surface area contributed by atoms with Gasteiger partial charge in [0.15, 0.2) is 0 Å². The predicted octanol–water partition coefficient (Wildman–Crippen LogP) is 3.10. The second kappa shape index (κ2) is 7.75. The Morgan fingerprint density at radius 3 is 2.67 bits per heavy atom. The first-order chi connectivity index (χ1) is 10.1. The SMILES string of the molecule is CCCC1CN(Cc2c(Br)c(CC)nn2C)C(CC)CN1. The third-order valence-corrected chi connectivity index (χ3v) is 5.49. The van der Waals surface area contributed by atoms with Crippen LogP contribution in [0.4, 0.5) is 0 Å². The summed E-state index contributed by atoms with van der Waals surface area (Å²) in [5, 5.41) is 8.33. The average Bonchev–Trinajstić information content (AvgIpc) is 2.75. The van der Waals surface area contributed by atoms with E-state index in [4.69, 9.17) is 0 Å². The normalized spacial score (nSPS) is 23.7. The van der Waals surface area contributed by atoms with E-state index in [1.807, 2.05) is 4.68 Å². The largest absolute Gasteiger partial charge is 0.311 e. The second-order valence-corrected chi connectivity index (χ2v) is 6.86. The minimum absolute atomic E-state index is 0.630. The standard InChI is InChI=1S/C16H29BrN4/c1-5-8-12-10-21(13(6-2)9-18-12)11-15-16(17)14(7-3)19-20(15)4/h12-13,18H,5-11H2,1-4H3. The number of hydrogen-bond acceptors (Lipinski definition) is 3. The first kappa shape index (κ1) is 17.0. The van der Waals surface area contributed by atoms with E-state index >= 15 is 0 Å². The molecule has 2 unspecified atom stereocenters. The van der Waals surface area contributed by atoms with E-state index in [9.17, 15) is 0 Å². The van der Waals surface area contributed by atoms with Gasteiger partial charge in [-0.25, -0.2) is 0 Å². The minimum atomic E-state index is 0.630. The van der Waals surface area contributed by atoms with E-state index in [2.05, 4.69) is 59.1 Å². The van der Waals surface area contributed by atoms with Gasteiger partial charge in [-0.3, -0.25) is 9.58 Å². The van der Waals surface area contributed by atoms with Crippen LogP contribution in [0.15, 0.2) is 4.47 Å². The molecule has 0 amide bonds. The molecule has 2 heterocycles. The summed E-state index contributed by atoms with van der Waals surface area (Å²) in [4.78, 5) is 2.64. The molecule has 1 aliphatic heterocycles. The molecule has 2 atom stereocenters. The number of piperazine rings is 1. The molecule has 1 aromatic heterocycles. The third-order valence-electron chi connectivity index (χ3n) is 4.58. The summed E-state index contributed by atoms with van der Waals surface area (Å²) in [7, 11) is 2.06. The first-order valence-electron chi connectivity index (χ1n) is 8.28. The van der Waals surface area contributed by atoms with Crippen molar-refractivity contribution in [2.45, 2.75) is 65.1 Å². The Morgan fingerprint density at radius 2 is 2.10 bits per heavy atom. The van der Waals surface area contributed by atoms with Crippen molar-refractivity contribution in [3.05, 3.63) is 15.9 Å². The molecule has 1 aliphatic rings. The average molecular weight is 357 g/mol. The van der Waals surface area contributed by atoms with Crippen LogP contribution in [0.5, 0.6) is 0 Å². The van der Waals surface area contributed by atoms with Gasteiger partial charge >= 0.3 is 0 Å². The first-order valence-corrected chi connectivity index (χ1v) is 9.07. The molecule has 1 N–H and O–H groups in total. The van der Waals surface area contributed by atoms with Gasteiger partial charge < -0.3 is 5.32 Å². The molecule has 2 rings (SSSR count). The smallest absolute Gasteiger partial charge is 0.0767 e. The van der Waals surface area contributed by atoms with Gasteiger partial charge in [0.25, 0.3) is 0 Å². The lowest BCUT2D eigenvalue weighted by Gasteiger charge is -2.40. The summed E-state index contributed by atoms with van der Waals surface area (Å²) in [6.45, 7) is 9.96. The maximum absolute atomic E-state index is 4.63. The van der Waals surface area contributed by atoms with Crippen LogP contribution in [-0.4, -0.2) is 39.9 Å². The molecule has 0 spiro atoms. The minimum Gasteiger partial charge on any atom is -0.311 e. The van der Waals surface area contributed by atoms with E-state index in [0.29, 0.717) is 12.1 Å². The summed E-state index contributed by atoms with van der Waals surface area (Å²) >= 11 is 3.75. The number of halogens is 1. The van der Waals surface area contributed by atoms with Crippen LogP contribution in [0.2, 0.25) is 0 Å². The summed E-state index contributed by atoms with van der Waals surface area (Å²) in [6.07, 6.45) is 4.69. The zero-order valence-electron chi connectivity index (χ0n) is 13.8. The Balaban J connectivity index is 2.13. The van der Waals surface area contributed by atoms with Crippen LogP contribution in [0.3, 0.4) is 0 Å². The monoisotopic (exact) mass is 356 g/mol. The maximum Gasteiger partial charge on any atom is 0.0767 e. The Hall–Kier alpha value is -0.390. The zero-order chi connectivity index (χ0) is 15.4. The Labute approximate surface area is 137 Å². The van der Waals surface area contributed by atoms with E-state index < -0.39 is 0 Å². The van der Waals surface area contributed by atoms with Crippen LogP contribution in [0.25, 0.3) is 0 Å². The van der Waals surface area contributed by atoms with Crippen molar-refractivity contribution in [3.8, 4) is 0 Å². The molecular weight excluding hydrogens is 328 g/mol. The highest BCUT2D eigenvalue weighted by atomic mass is 79.9. The quantitative estimate of drug-likeness (QED) is 0.849. The van der Waals surface area contributed by atoms with Crippen LogP contribution < -0.4 is 5.32 Å². The van der Waals surface area contributed by atoms with Gasteiger partial charge in [-0.2, -0.15) is 5.10 Å². The van der Waals surface area contributed by atoms with Crippen molar-refractivity contribution < 1.29 is 0 Å². The molecule has 5 heteroatoms. The highest BCUT2D eigenvalue weighted by molar-refractivity contribution is 9.10. The van der Waals surface area contributed by atoms with Crippen LogP contribution >= 0.6 is 15.9 Å². The Kier molecular flexibility index (Phi) is 6.26. The van der Waals surface area contributed by atoms with Crippen molar-refractivity contribution >= 4 is 15.9 Å². The molecule has 0 aromatic carbocycles. The van der Waals surface area contributed by atoms with Crippen molar-refractivity contribution in [2.24, 2.45) is 7.05 Å². The number of nitrogens with one attached hydrogen (secondary N) is 1. The molecule has 1 saturated heterocycles. The van der Waals surface area contributed by atoms with E-state index in [1.54, 1.807) is 0 Å². The van der Waals surface area contributed by atoms with Gasteiger partial charge in [-0.15, -0.1) is 0 Å². The number of aryl methyl sites for hydroxylation is 2. The zero-order valence-corrected chi connectivity index (χ0v) is 15.4. The Morgan fingerprint density at radius 1 is 1.33 bits per heavy atom. The van der Waals surface area contributed by atoms with E-state index in [0.717, 1.165) is 26.1 Å². The van der Waals surface area contributed by atoms with E-state index in [1.165, 1.54) is 35.1 Å². The van der Waals surface area contributed by atoms with Gasteiger partial charge in [0.05, 0.1) is 15.9 Å². The van der Waals surface area contributed by atoms with Crippen molar-refractivity contribution in [2.75, 3.05) is 13.1 Å². The molecular formula is C16H29BrN4. The predicted molar refractivity (Wildman–Crippen MR) is 91.5 cm³/mol. The highest BCUT2D eigenvalue weighted by Gasteiger charge is 2.28. The molecule has 4 nitrogen and oxygen atoms in total. The molecule has 0 aliphatic carbocycles. The van der Waals surface area contributed by atoms with Gasteiger partial charge in [-0.1, -0.05) is 27.2 Å². The van der Waals surface area contributed by atoms with Gasteiger partial charge in [0, 0.05) is 38.8 Å². The van der Waals surface area contributed by atoms with Crippen LogP contribution in [-0.2, 0) is 20.0 Å². The summed E-state index contributed by atoms with van der Waals surface area (Å²) in [6, 6.07) is 1.26. The number of nitrogens with zero attached hydrogens (tertiary/aromatic N) is 3. The fraction of sp³-hybridized carbons (Fsp3) is 0.812. The van der Waals surface area contributed by atoms with Gasteiger partial charge in [0.1, 0.15) is 0 Å². The molecule has 21 heavy (non-hydrogen) atoms. The van der Waals surface area contributed by atoms with E-state index in [-0.39, 0.29) is 0 Å². The lowest BCUT2D eigenvalue weighted by molar-refractivity contribution is 0.112. The lowest BCUT2D eigenvalue weighted by atomic mass is 10.0. The molecule has 0 saturated carbocycles. The second-order valence-electron chi connectivity index (χ2n) is 6.07. The Bertz CT molecular complexity index is 457. The fourth-order valence-electron chi connectivity index (χ4n) is 3.25. The summed E-state index contributed by atoms with van der Waals surface area (Å²) in [5.74, 6) is 0. The van der Waals surface area contributed by atoms with Crippen molar-refractivity contribution in [1.82, 2.24) is 20.0 Å². The van der Waals surface area contributed by atoms with Crippen LogP contribution in [0, 0.1) is 0 Å². The topological polar surface area (TPSA) is 33.1 Å². The highest BCUT2D eigenvalue weighted by Crippen LogP contribution is 2.25. The summed E-state index contributed by atoms with van der Waals surface area (Å²) in [5.41, 5.74) is 2.48. The van der Waals surface area contributed by atoms with Crippen LogP contribution in [0.1, 0.15) is 51.4 Å². The molecule has 0 radical (unpaired) electrons. The van der Waals surface area contributed by atoms with Crippen molar-refractivity contribution in [1.29, 1.82) is 0 Å². The maximum atomic E-state index is 4.63. The number of rotatable bonds is 6.